The predicted octanol–water partition coefficient (Wildman–Crippen LogP) is 3.97. The maximum atomic E-state index is 6.26. The van der Waals surface area contributed by atoms with E-state index in [1.54, 1.807) is 0 Å². The third-order valence-corrected chi connectivity index (χ3v) is 3.52. The van der Waals surface area contributed by atoms with Gasteiger partial charge in [-0.2, -0.15) is 0 Å². The van der Waals surface area contributed by atoms with Crippen molar-refractivity contribution in [2.75, 3.05) is 13.3 Å². The molecule has 0 saturated heterocycles. The van der Waals surface area contributed by atoms with Crippen LogP contribution in [0.1, 0.15) is 12.5 Å². The van der Waals surface area contributed by atoms with E-state index in [1.807, 2.05) is 36.4 Å². The maximum absolute atomic E-state index is 6.26. The van der Waals surface area contributed by atoms with E-state index in [9.17, 15) is 0 Å². The van der Waals surface area contributed by atoms with Crippen LogP contribution in [0.4, 0.5) is 0 Å². The van der Waals surface area contributed by atoms with Crippen LogP contribution in [-0.4, -0.2) is 13.3 Å². The quantitative estimate of drug-likeness (QED) is 0.907. The summed E-state index contributed by atoms with van der Waals surface area (Å²) in [6, 6.07) is 11.2. The van der Waals surface area contributed by atoms with Crippen LogP contribution in [0, 0.1) is 0 Å². The molecule has 4 nitrogen and oxygen atoms in total. The summed E-state index contributed by atoms with van der Waals surface area (Å²) >= 11 is 6.26. The second kappa shape index (κ2) is 6.24. The highest BCUT2D eigenvalue weighted by Crippen LogP contribution is 2.37. The minimum Gasteiger partial charge on any atom is -0.457 e. The molecule has 0 fully saturated rings. The highest BCUT2D eigenvalue weighted by Gasteiger charge is 2.14. The Balaban J connectivity index is 1.74. The highest BCUT2D eigenvalue weighted by atomic mass is 35.5. The van der Waals surface area contributed by atoms with E-state index in [2.05, 4.69) is 12.2 Å². The Kier molecular flexibility index (Phi) is 4.18. The molecule has 0 amide bonds. The van der Waals surface area contributed by atoms with Gasteiger partial charge in [-0.05, 0) is 36.4 Å². The molecule has 21 heavy (non-hydrogen) atoms. The smallest absolute Gasteiger partial charge is 0.231 e. The van der Waals surface area contributed by atoms with Gasteiger partial charge in [-0.3, -0.25) is 0 Å². The van der Waals surface area contributed by atoms with Gasteiger partial charge in [0.2, 0.25) is 6.79 Å². The van der Waals surface area contributed by atoms with Crippen LogP contribution in [-0.2, 0) is 6.54 Å². The first-order valence-electron chi connectivity index (χ1n) is 6.83. The standard InChI is InChI=1S/C16H16ClNO3/c1-2-18-9-11-3-4-12(7-14(11)17)21-13-5-6-15-16(8-13)20-10-19-15/h3-8,18H,2,9-10H2,1H3. The van der Waals surface area contributed by atoms with Crippen LogP contribution >= 0.6 is 11.6 Å². The molecule has 0 atom stereocenters. The molecule has 1 heterocycles. The van der Waals surface area contributed by atoms with E-state index in [1.165, 1.54) is 0 Å². The summed E-state index contributed by atoms with van der Waals surface area (Å²) in [6.07, 6.45) is 0. The number of hydrogen-bond donors (Lipinski definition) is 1. The second-order valence-corrected chi connectivity index (χ2v) is 5.06. The van der Waals surface area contributed by atoms with Gasteiger partial charge < -0.3 is 19.5 Å². The fraction of sp³-hybridized carbons (Fsp3) is 0.250. The lowest BCUT2D eigenvalue weighted by Crippen LogP contribution is -2.11. The molecule has 0 aromatic heterocycles. The van der Waals surface area contributed by atoms with Crippen LogP contribution in [0.15, 0.2) is 36.4 Å². The van der Waals surface area contributed by atoms with Crippen molar-refractivity contribution in [3.8, 4) is 23.0 Å². The first kappa shape index (κ1) is 14.0. The molecule has 0 spiro atoms. The molecule has 1 N–H and O–H groups in total. The third-order valence-electron chi connectivity index (χ3n) is 3.17. The van der Waals surface area contributed by atoms with Crippen LogP contribution < -0.4 is 19.5 Å². The molecule has 1 aliphatic rings. The van der Waals surface area contributed by atoms with Crippen molar-refractivity contribution in [2.24, 2.45) is 0 Å². The van der Waals surface area contributed by atoms with Crippen molar-refractivity contribution in [2.45, 2.75) is 13.5 Å². The van der Waals surface area contributed by atoms with E-state index in [-0.39, 0.29) is 6.79 Å². The largest absolute Gasteiger partial charge is 0.457 e. The van der Waals surface area contributed by atoms with Crippen molar-refractivity contribution in [1.82, 2.24) is 5.32 Å². The number of benzene rings is 2. The average molecular weight is 306 g/mol. The van der Waals surface area contributed by atoms with Gasteiger partial charge >= 0.3 is 0 Å². The van der Waals surface area contributed by atoms with Crippen LogP contribution in [0.5, 0.6) is 23.0 Å². The molecule has 0 bridgehead atoms. The fourth-order valence-corrected chi connectivity index (χ4v) is 2.31. The Hall–Kier alpha value is -1.91. The molecular weight excluding hydrogens is 290 g/mol. The molecule has 0 unspecified atom stereocenters. The topological polar surface area (TPSA) is 39.7 Å². The summed E-state index contributed by atoms with van der Waals surface area (Å²) in [5.41, 5.74) is 1.05. The van der Waals surface area contributed by atoms with Crippen molar-refractivity contribution >= 4 is 11.6 Å². The van der Waals surface area contributed by atoms with Gasteiger partial charge in [-0.25, -0.2) is 0 Å². The maximum Gasteiger partial charge on any atom is 0.231 e. The van der Waals surface area contributed by atoms with Gasteiger partial charge in [-0.1, -0.05) is 24.6 Å². The molecule has 2 aromatic rings. The molecule has 2 aromatic carbocycles. The lowest BCUT2D eigenvalue weighted by molar-refractivity contribution is 0.174. The van der Waals surface area contributed by atoms with Crippen LogP contribution in [0.2, 0.25) is 5.02 Å². The summed E-state index contributed by atoms with van der Waals surface area (Å²) in [5.74, 6) is 2.82. The molecule has 5 heteroatoms. The van der Waals surface area contributed by atoms with Crippen molar-refractivity contribution in [1.29, 1.82) is 0 Å². The molecule has 1 aliphatic heterocycles. The van der Waals surface area contributed by atoms with Gasteiger partial charge in [0.25, 0.3) is 0 Å². The van der Waals surface area contributed by atoms with Gasteiger partial charge in [0, 0.05) is 17.6 Å². The average Bonchev–Trinajstić information content (AvgIpc) is 2.94. The zero-order valence-corrected chi connectivity index (χ0v) is 12.4. The minimum absolute atomic E-state index is 0.254. The summed E-state index contributed by atoms with van der Waals surface area (Å²) in [5, 5.41) is 3.94. The number of ether oxygens (including phenoxy) is 3. The van der Waals surface area contributed by atoms with Gasteiger partial charge in [0.05, 0.1) is 0 Å². The molecule has 110 valence electrons. The summed E-state index contributed by atoms with van der Waals surface area (Å²) in [4.78, 5) is 0. The zero-order valence-electron chi connectivity index (χ0n) is 11.7. The van der Waals surface area contributed by atoms with Gasteiger partial charge in [0.15, 0.2) is 11.5 Å². The van der Waals surface area contributed by atoms with E-state index in [4.69, 9.17) is 25.8 Å². The summed E-state index contributed by atoms with van der Waals surface area (Å²) in [7, 11) is 0. The number of hydrogen-bond acceptors (Lipinski definition) is 4. The summed E-state index contributed by atoms with van der Waals surface area (Å²) in [6.45, 7) is 3.97. The van der Waals surface area contributed by atoms with Gasteiger partial charge in [-0.15, -0.1) is 0 Å². The normalized spacial score (nSPS) is 12.5. The zero-order chi connectivity index (χ0) is 14.7. The second-order valence-electron chi connectivity index (χ2n) is 4.65. The highest BCUT2D eigenvalue weighted by molar-refractivity contribution is 6.31. The Labute approximate surface area is 128 Å². The van der Waals surface area contributed by atoms with E-state index >= 15 is 0 Å². The lowest BCUT2D eigenvalue weighted by atomic mass is 10.2. The number of nitrogens with one attached hydrogen (secondary N) is 1. The van der Waals surface area contributed by atoms with Crippen LogP contribution in [0.25, 0.3) is 0 Å². The fourth-order valence-electron chi connectivity index (χ4n) is 2.07. The van der Waals surface area contributed by atoms with Gasteiger partial charge in [0.1, 0.15) is 11.5 Å². The molecule has 3 rings (SSSR count). The van der Waals surface area contributed by atoms with Crippen molar-refractivity contribution < 1.29 is 14.2 Å². The van der Waals surface area contributed by atoms with Crippen LogP contribution in [0.3, 0.4) is 0 Å². The predicted molar refractivity (Wildman–Crippen MR) is 81.5 cm³/mol. The van der Waals surface area contributed by atoms with Crippen molar-refractivity contribution in [3.05, 3.63) is 47.0 Å². The Bertz CT molecular complexity index is 645. The molecule has 0 radical (unpaired) electrons. The van der Waals surface area contributed by atoms with E-state index in [0.717, 1.165) is 24.4 Å². The van der Waals surface area contributed by atoms with E-state index < -0.39 is 0 Å². The summed E-state index contributed by atoms with van der Waals surface area (Å²) < 4.78 is 16.4. The van der Waals surface area contributed by atoms with Crippen molar-refractivity contribution in [3.63, 3.8) is 0 Å². The number of fused-ring (bicyclic) bond motifs is 1. The molecular formula is C16H16ClNO3. The number of halogens is 1. The van der Waals surface area contributed by atoms with E-state index in [0.29, 0.717) is 22.3 Å². The first-order chi connectivity index (χ1) is 10.3. The lowest BCUT2D eigenvalue weighted by Gasteiger charge is -2.09. The first-order valence-corrected chi connectivity index (χ1v) is 7.20. The molecule has 0 aliphatic carbocycles. The Morgan fingerprint density at radius 3 is 2.67 bits per heavy atom. The number of rotatable bonds is 5. The molecule has 0 saturated carbocycles. The Morgan fingerprint density at radius 2 is 1.86 bits per heavy atom. The third kappa shape index (κ3) is 3.23. The SMILES string of the molecule is CCNCc1ccc(Oc2ccc3c(c2)OCO3)cc1Cl. The monoisotopic (exact) mass is 305 g/mol. The minimum atomic E-state index is 0.254. The Morgan fingerprint density at radius 1 is 1.10 bits per heavy atom.